The van der Waals surface area contributed by atoms with Gasteiger partial charge < -0.3 is 20.2 Å². The number of ether oxygens (including phenoxy) is 1. The Kier molecular flexibility index (Phi) is 4.75. The maximum atomic E-state index is 11.8. The minimum Gasteiger partial charge on any atom is -0.469 e. The molecule has 0 radical (unpaired) electrons. The first-order chi connectivity index (χ1) is 10.0. The Morgan fingerprint density at radius 2 is 2.29 bits per heavy atom. The summed E-state index contributed by atoms with van der Waals surface area (Å²) >= 11 is 6.19. The van der Waals surface area contributed by atoms with E-state index in [2.05, 4.69) is 5.32 Å². The maximum Gasteiger partial charge on any atom is 0.340 e. The molecule has 0 saturated carbocycles. The Labute approximate surface area is 128 Å². The highest BCUT2D eigenvalue weighted by Crippen LogP contribution is 2.30. The molecule has 1 aromatic carbocycles. The zero-order chi connectivity index (χ0) is 15.4. The molecule has 0 aliphatic heterocycles. The summed E-state index contributed by atoms with van der Waals surface area (Å²) in [5.41, 5.74) is 6.96. The number of furan rings is 1. The normalized spacial score (nSPS) is 12.0. The summed E-state index contributed by atoms with van der Waals surface area (Å²) in [6, 6.07) is 6.87. The van der Waals surface area contributed by atoms with Gasteiger partial charge in [-0.3, -0.25) is 0 Å². The van der Waals surface area contributed by atoms with Gasteiger partial charge in [-0.15, -0.1) is 0 Å². The van der Waals surface area contributed by atoms with Crippen LogP contribution in [0.1, 0.15) is 23.0 Å². The second-order valence-corrected chi connectivity index (χ2v) is 5.15. The zero-order valence-electron chi connectivity index (χ0n) is 11.9. The summed E-state index contributed by atoms with van der Waals surface area (Å²) in [6.07, 6.45) is 2.28. The van der Waals surface area contributed by atoms with Gasteiger partial charge in [0.25, 0.3) is 0 Å². The number of carbonyl (C=O) groups excluding carboxylic acids is 1. The van der Waals surface area contributed by atoms with E-state index in [1.807, 2.05) is 19.1 Å². The Morgan fingerprint density at radius 1 is 1.52 bits per heavy atom. The first-order valence-electron chi connectivity index (χ1n) is 6.47. The Balaban J connectivity index is 2.23. The van der Waals surface area contributed by atoms with Crippen LogP contribution in [-0.4, -0.2) is 19.1 Å². The van der Waals surface area contributed by atoms with Crippen LogP contribution in [-0.2, 0) is 11.2 Å². The number of esters is 1. The third-order valence-electron chi connectivity index (χ3n) is 3.00. The number of rotatable bonds is 5. The number of nitrogen functional groups attached to an aromatic ring is 1. The lowest BCUT2D eigenvalue weighted by atomic mass is 10.1. The molecule has 0 fully saturated rings. The van der Waals surface area contributed by atoms with E-state index < -0.39 is 5.97 Å². The van der Waals surface area contributed by atoms with E-state index in [0.29, 0.717) is 28.4 Å². The van der Waals surface area contributed by atoms with Gasteiger partial charge in [-0.1, -0.05) is 11.6 Å². The second-order valence-electron chi connectivity index (χ2n) is 4.75. The lowest BCUT2D eigenvalue weighted by molar-refractivity contribution is 0.0602. The van der Waals surface area contributed by atoms with Crippen LogP contribution in [0.4, 0.5) is 11.4 Å². The molecule has 6 heteroatoms. The van der Waals surface area contributed by atoms with E-state index in [4.69, 9.17) is 26.5 Å². The van der Waals surface area contributed by atoms with Crippen LogP contribution in [0.5, 0.6) is 0 Å². The van der Waals surface area contributed by atoms with Gasteiger partial charge in [-0.25, -0.2) is 4.79 Å². The fourth-order valence-corrected chi connectivity index (χ4v) is 2.36. The average Bonchev–Trinajstić information content (AvgIpc) is 2.93. The molecule has 5 nitrogen and oxygen atoms in total. The number of nitrogens with two attached hydrogens (primary N) is 1. The third kappa shape index (κ3) is 3.70. The molecular weight excluding hydrogens is 292 g/mol. The van der Waals surface area contributed by atoms with Crippen LogP contribution in [0.25, 0.3) is 0 Å². The largest absolute Gasteiger partial charge is 0.469 e. The molecule has 1 atom stereocenters. The van der Waals surface area contributed by atoms with E-state index >= 15 is 0 Å². The van der Waals surface area contributed by atoms with Crippen molar-refractivity contribution in [3.8, 4) is 0 Å². The van der Waals surface area contributed by atoms with Crippen molar-refractivity contribution in [3.63, 3.8) is 0 Å². The van der Waals surface area contributed by atoms with Crippen LogP contribution in [0.2, 0.25) is 5.02 Å². The number of benzene rings is 1. The molecule has 2 aromatic rings. The summed E-state index contributed by atoms with van der Waals surface area (Å²) in [7, 11) is 1.31. The summed E-state index contributed by atoms with van der Waals surface area (Å²) in [4.78, 5) is 11.8. The van der Waals surface area contributed by atoms with E-state index in [1.165, 1.54) is 7.11 Å². The molecule has 0 aliphatic carbocycles. The average molecular weight is 309 g/mol. The molecule has 0 saturated heterocycles. The second kappa shape index (κ2) is 6.54. The van der Waals surface area contributed by atoms with Gasteiger partial charge in [0.15, 0.2) is 0 Å². The minimum absolute atomic E-state index is 0.0145. The van der Waals surface area contributed by atoms with Gasteiger partial charge in [-0.05, 0) is 31.2 Å². The van der Waals surface area contributed by atoms with Gasteiger partial charge in [0.05, 0.1) is 29.6 Å². The minimum atomic E-state index is -0.489. The van der Waals surface area contributed by atoms with Crippen molar-refractivity contribution >= 4 is 28.9 Å². The third-order valence-corrected chi connectivity index (χ3v) is 3.29. The van der Waals surface area contributed by atoms with Crippen molar-refractivity contribution < 1.29 is 13.9 Å². The molecule has 1 heterocycles. The van der Waals surface area contributed by atoms with Crippen molar-refractivity contribution in [3.05, 3.63) is 46.9 Å². The number of nitrogens with one attached hydrogen (secondary N) is 1. The lowest BCUT2D eigenvalue weighted by Gasteiger charge is -2.18. The monoisotopic (exact) mass is 308 g/mol. The maximum absolute atomic E-state index is 11.8. The van der Waals surface area contributed by atoms with Crippen LogP contribution < -0.4 is 11.1 Å². The van der Waals surface area contributed by atoms with E-state index in [9.17, 15) is 4.79 Å². The van der Waals surface area contributed by atoms with E-state index in [0.717, 1.165) is 5.76 Å². The zero-order valence-corrected chi connectivity index (χ0v) is 12.6. The Bertz CT molecular complexity index is 626. The summed E-state index contributed by atoms with van der Waals surface area (Å²) < 4.78 is 10.1. The number of halogens is 1. The van der Waals surface area contributed by atoms with E-state index in [1.54, 1.807) is 18.4 Å². The molecule has 21 heavy (non-hydrogen) atoms. The van der Waals surface area contributed by atoms with Gasteiger partial charge in [0.2, 0.25) is 0 Å². The van der Waals surface area contributed by atoms with Crippen molar-refractivity contribution in [2.24, 2.45) is 0 Å². The van der Waals surface area contributed by atoms with Crippen LogP contribution >= 0.6 is 11.6 Å². The fourth-order valence-electron chi connectivity index (χ4n) is 2.07. The Morgan fingerprint density at radius 3 is 2.90 bits per heavy atom. The molecule has 1 unspecified atom stereocenters. The summed E-state index contributed by atoms with van der Waals surface area (Å²) in [5.74, 6) is 0.359. The lowest BCUT2D eigenvalue weighted by Crippen LogP contribution is -2.20. The molecular formula is C15H17ClN2O3. The number of methoxy groups -OCH3 is 1. The van der Waals surface area contributed by atoms with Crippen molar-refractivity contribution in [1.82, 2.24) is 0 Å². The van der Waals surface area contributed by atoms with Gasteiger partial charge in [0, 0.05) is 18.2 Å². The topological polar surface area (TPSA) is 77.5 Å². The standard InChI is InChI=1S/C15H17ClN2O3/c1-9(6-11-4-3-5-21-11)18-14-12(15(19)20-2)7-10(17)8-13(14)16/h3-5,7-9,18H,6,17H2,1-2H3. The molecule has 0 amide bonds. The number of carbonyl (C=O) groups is 1. The number of hydrogen-bond acceptors (Lipinski definition) is 5. The van der Waals surface area contributed by atoms with Gasteiger partial charge >= 0.3 is 5.97 Å². The quantitative estimate of drug-likeness (QED) is 0.654. The van der Waals surface area contributed by atoms with E-state index in [-0.39, 0.29) is 6.04 Å². The SMILES string of the molecule is COC(=O)c1cc(N)cc(Cl)c1NC(C)Cc1ccco1. The highest BCUT2D eigenvalue weighted by molar-refractivity contribution is 6.34. The first-order valence-corrected chi connectivity index (χ1v) is 6.85. The highest BCUT2D eigenvalue weighted by Gasteiger charge is 2.18. The fraction of sp³-hybridized carbons (Fsp3) is 0.267. The molecule has 112 valence electrons. The summed E-state index contributed by atoms with van der Waals surface area (Å²) in [5, 5.41) is 3.59. The number of anilines is 2. The Hall–Kier alpha value is -2.14. The smallest absolute Gasteiger partial charge is 0.340 e. The van der Waals surface area contributed by atoms with Gasteiger partial charge in [-0.2, -0.15) is 0 Å². The van der Waals surface area contributed by atoms with Gasteiger partial charge in [0.1, 0.15) is 5.76 Å². The van der Waals surface area contributed by atoms with Crippen LogP contribution in [0.3, 0.4) is 0 Å². The first kappa shape index (κ1) is 15.3. The van der Waals surface area contributed by atoms with Crippen molar-refractivity contribution in [1.29, 1.82) is 0 Å². The van der Waals surface area contributed by atoms with Crippen molar-refractivity contribution in [2.75, 3.05) is 18.2 Å². The predicted octanol–water partition coefficient (Wildman–Crippen LogP) is 3.34. The van der Waals surface area contributed by atoms with Crippen LogP contribution in [0.15, 0.2) is 34.9 Å². The molecule has 2 rings (SSSR count). The number of hydrogen-bond donors (Lipinski definition) is 2. The highest BCUT2D eigenvalue weighted by atomic mass is 35.5. The predicted molar refractivity (Wildman–Crippen MR) is 82.7 cm³/mol. The molecule has 0 spiro atoms. The molecule has 0 aliphatic rings. The molecule has 1 aromatic heterocycles. The molecule has 0 bridgehead atoms. The summed E-state index contributed by atoms with van der Waals surface area (Å²) in [6.45, 7) is 1.97. The van der Waals surface area contributed by atoms with Crippen LogP contribution in [0, 0.1) is 0 Å². The molecule has 3 N–H and O–H groups in total. The van der Waals surface area contributed by atoms with Crippen molar-refractivity contribution in [2.45, 2.75) is 19.4 Å².